The molecular formula is C33H35ClFN5O4S. The number of nitriles is 1. The fraction of sp³-hybridized carbons (Fsp3) is 0.394. The Morgan fingerprint density at radius 3 is 2.67 bits per heavy atom. The quantitative estimate of drug-likeness (QED) is 0.157. The van der Waals surface area contributed by atoms with E-state index in [9.17, 15) is 14.0 Å². The van der Waals surface area contributed by atoms with Gasteiger partial charge in [-0.2, -0.15) is 5.26 Å². The molecule has 5 rings (SSSR count). The number of amides is 1. The highest BCUT2D eigenvalue weighted by Gasteiger charge is 2.42. The van der Waals surface area contributed by atoms with Gasteiger partial charge in [-0.1, -0.05) is 17.7 Å². The number of methoxy groups -OCH3 is 1. The van der Waals surface area contributed by atoms with Crippen LogP contribution in [0.1, 0.15) is 48.2 Å². The highest BCUT2D eigenvalue weighted by atomic mass is 35.5. The van der Waals surface area contributed by atoms with Crippen molar-refractivity contribution in [1.29, 1.82) is 5.26 Å². The molecule has 3 aromatic rings. The summed E-state index contributed by atoms with van der Waals surface area (Å²) < 4.78 is 25.1. The second-order valence-corrected chi connectivity index (χ2v) is 12.9. The van der Waals surface area contributed by atoms with Gasteiger partial charge in [0.2, 0.25) is 11.8 Å². The first-order valence-electron chi connectivity index (χ1n) is 14.8. The maximum absolute atomic E-state index is 14.1. The Balaban J connectivity index is 1.11. The summed E-state index contributed by atoms with van der Waals surface area (Å²) in [7, 11) is 1.33. The lowest BCUT2D eigenvalue weighted by molar-refractivity contribution is -0.117. The monoisotopic (exact) mass is 651 g/mol. The lowest BCUT2D eigenvalue weighted by atomic mass is 10.0. The van der Waals surface area contributed by atoms with E-state index < -0.39 is 5.97 Å². The fourth-order valence-electron chi connectivity index (χ4n) is 5.18. The highest BCUT2D eigenvalue weighted by Crippen LogP contribution is 2.48. The summed E-state index contributed by atoms with van der Waals surface area (Å²) in [5, 5.41) is 15.9. The first-order chi connectivity index (χ1) is 21.8. The van der Waals surface area contributed by atoms with Gasteiger partial charge in [0.05, 0.1) is 42.4 Å². The molecule has 2 N–H and O–H groups in total. The van der Waals surface area contributed by atoms with Gasteiger partial charge in [0, 0.05) is 53.2 Å². The van der Waals surface area contributed by atoms with Crippen LogP contribution in [0, 0.1) is 22.6 Å². The van der Waals surface area contributed by atoms with E-state index in [1.165, 1.54) is 24.9 Å². The van der Waals surface area contributed by atoms with E-state index in [1.54, 1.807) is 30.3 Å². The van der Waals surface area contributed by atoms with Crippen LogP contribution >= 0.6 is 23.4 Å². The molecule has 1 aliphatic carbocycles. The van der Waals surface area contributed by atoms with Gasteiger partial charge >= 0.3 is 5.97 Å². The number of carbonyl (C=O) groups excluding carboxylic acids is 2. The molecule has 1 aliphatic heterocycles. The number of piperidine rings is 1. The largest absolute Gasteiger partial charge is 0.474 e. The molecule has 2 heterocycles. The van der Waals surface area contributed by atoms with Gasteiger partial charge in [0.15, 0.2) is 0 Å². The molecule has 0 radical (unpaired) electrons. The molecule has 1 saturated heterocycles. The summed E-state index contributed by atoms with van der Waals surface area (Å²) in [6.07, 6.45) is 3.86. The molecule has 0 spiro atoms. The van der Waals surface area contributed by atoms with Crippen LogP contribution in [0.4, 0.5) is 15.8 Å². The van der Waals surface area contributed by atoms with Gasteiger partial charge < -0.3 is 20.1 Å². The number of benzene rings is 2. The van der Waals surface area contributed by atoms with E-state index in [0.717, 1.165) is 31.4 Å². The maximum Gasteiger partial charge on any atom is 0.337 e. The minimum absolute atomic E-state index is 0.0294. The Morgan fingerprint density at radius 2 is 1.96 bits per heavy atom. The van der Waals surface area contributed by atoms with E-state index in [1.807, 2.05) is 18.2 Å². The first-order valence-corrected chi connectivity index (χ1v) is 16.2. The van der Waals surface area contributed by atoms with Crippen LogP contribution in [0.15, 0.2) is 59.5 Å². The number of pyridine rings is 1. The summed E-state index contributed by atoms with van der Waals surface area (Å²) in [6.45, 7) is 2.17. The number of hydrogen-bond acceptors (Lipinski definition) is 9. The van der Waals surface area contributed by atoms with E-state index in [2.05, 4.69) is 26.6 Å². The molecule has 0 bridgehead atoms. The highest BCUT2D eigenvalue weighted by molar-refractivity contribution is 7.98. The third kappa shape index (κ3) is 9.10. The van der Waals surface area contributed by atoms with Crippen LogP contribution in [0.3, 0.4) is 0 Å². The van der Waals surface area contributed by atoms with Crippen LogP contribution < -0.4 is 15.4 Å². The summed E-state index contributed by atoms with van der Waals surface area (Å²) in [5.74, 6) is 0.0392. The number of esters is 1. The van der Waals surface area contributed by atoms with Crippen LogP contribution in [0.25, 0.3) is 0 Å². The Bertz CT molecular complexity index is 1570. The van der Waals surface area contributed by atoms with Crippen molar-refractivity contribution in [3.63, 3.8) is 0 Å². The third-order valence-electron chi connectivity index (χ3n) is 8.02. The third-order valence-corrected chi connectivity index (χ3v) is 9.34. The predicted octanol–water partition coefficient (Wildman–Crippen LogP) is 6.54. The topological polar surface area (TPSA) is 117 Å². The zero-order valence-corrected chi connectivity index (χ0v) is 26.6. The number of aromatic nitrogens is 1. The fourth-order valence-corrected chi connectivity index (χ4v) is 6.17. The van der Waals surface area contributed by atoms with Crippen molar-refractivity contribution in [2.45, 2.75) is 48.9 Å². The number of nitrogens with zero attached hydrogens (tertiary/aromatic N) is 3. The van der Waals surface area contributed by atoms with Gasteiger partial charge in [-0.15, -0.1) is 11.8 Å². The molecule has 2 aromatic carbocycles. The van der Waals surface area contributed by atoms with Gasteiger partial charge in [0.1, 0.15) is 11.9 Å². The second kappa shape index (κ2) is 15.0. The average molecular weight is 652 g/mol. The molecule has 1 amide bonds. The van der Waals surface area contributed by atoms with Crippen LogP contribution in [-0.2, 0) is 15.3 Å². The molecule has 1 saturated carbocycles. The molecule has 0 atom stereocenters. The predicted molar refractivity (Wildman–Crippen MR) is 172 cm³/mol. The van der Waals surface area contributed by atoms with Crippen molar-refractivity contribution in [2.24, 2.45) is 5.41 Å². The maximum atomic E-state index is 14.1. The minimum Gasteiger partial charge on any atom is -0.474 e. The summed E-state index contributed by atoms with van der Waals surface area (Å²) in [4.78, 5) is 32.4. The Morgan fingerprint density at radius 1 is 1.16 bits per heavy atom. The first kappa shape index (κ1) is 32.5. The molecule has 2 fully saturated rings. The van der Waals surface area contributed by atoms with Crippen molar-refractivity contribution in [3.05, 3.63) is 76.7 Å². The van der Waals surface area contributed by atoms with E-state index in [0.29, 0.717) is 64.5 Å². The number of halogens is 2. The van der Waals surface area contributed by atoms with E-state index in [4.69, 9.17) is 26.3 Å². The Labute approximate surface area is 271 Å². The number of hydrogen-bond donors (Lipinski definition) is 2. The molecule has 45 heavy (non-hydrogen) atoms. The van der Waals surface area contributed by atoms with Crippen LogP contribution in [0.5, 0.6) is 5.88 Å². The number of carbonyl (C=O) groups is 2. The number of likely N-dealkylation sites (tertiary alicyclic amines) is 1. The Hall–Kier alpha value is -3.85. The Kier molecular flexibility index (Phi) is 10.8. The molecule has 2 aliphatic rings. The number of rotatable bonds is 13. The van der Waals surface area contributed by atoms with Crippen molar-refractivity contribution in [3.8, 4) is 11.9 Å². The number of nitrogens with one attached hydrogen (secondary N) is 2. The summed E-state index contributed by atoms with van der Waals surface area (Å²) >= 11 is 7.20. The summed E-state index contributed by atoms with van der Waals surface area (Å²) in [5.41, 5.74) is 2.29. The summed E-state index contributed by atoms with van der Waals surface area (Å²) in [6, 6.07) is 17.4. The zero-order valence-electron chi connectivity index (χ0n) is 25.0. The molecule has 9 nitrogen and oxygen atoms in total. The molecule has 1 aromatic heterocycles. The van der Waals surface area contributed by atoms with Crippen molar-refractivity contribution in [2.75, 3.05) is 43.9 Å². The zero-order chi connectivity index (χ0) is 31.8. The van der Waals surface area contributed by atoms with Gasteiger partial charge in [0.25, 0.3) is 0 Å². The smallest absolute Gasteiger partial charge is 0.337 e. The van der Waals surface area contributed by atoms with Crippen molar-refractivity contribution in [1.82, 2.24) is 9.88 Å². The molecule has 0 unspecified atom stereocenters. The number of thioether (sulfide) groups is 1. The minimum atomic E-state index is -0.465. The number of ether oxygens (including phenoxy) is 2. The lowest BCUT2D eigenvalue weighted by Gasteiger charge is -2.31. The van der Waals surface area contributed by atoms with Crippen LogP contribution in [0.2, 0.25) is 5.02 Å². The standard InChI is InChI=1S/C33H35ClFN5O4S/c1-43-32(42)22-5-7-27(28(17-22)37-21-33(11-12-33)13-14-36)39-30(41)19-40-15-9-25(10-16-40)44-31-4-2-3-24(38-31)20-45-29-8-6-23(34)18-26(29)35/h2-8,17-18,25,37H,9-13,15-16,19-21H2,1H3,(H,39,41). The normalized spacial score (nSPS) is 16.0. The van der Waals surface area contributed by atoms with Crippen LogP contribution in [-0.4, -0.2) is 61.2 Å². The van der Waals surface area contributed by atoms with Gasteiger partial charge in [-0.25, -0.2) is 14.2 Å². The van der Waals surface area contributed by atoms with E-state index in [-0.39, 0.29) is 29.8 Å². The molecular weight excluding hydrogens is 617 g/mol. The van der Waals surface area contributed by atoms with E-state index >= 15 is 0 Å². The van der Waals surface area contributed by atoms with Crippen molar-refractivity contribution < 1.29 is 23.5 Å². The SMILES string of the molecule is COC(=O)c1ccc(NC(=O)CN2CCC(Oc3cccc(CSc4ccc(Cl)cc4F)n3)CC2)c(NCC2(CC#N)CC2)c1. The second-order valence-electron chi connectivity index (χ2n) is 11.4. The molecule has 236 valence electrons. The van der Waals surface area contributed by atoms with Gasteiger partial charge in [-0.3, -0.25) is 9.69 Å². The van der Waals surface area contributed by atoms with Gasteiger partial charge in [-0.05, 0) is 68.1 Å². The lowest BCUT2D eigenvalue weighted by Crippen LogP contribution is -2.42. The molecule has 12 heteroatoms. The average Bonchev–Trinajstić information content (AvgIpc) is 3.80. The number of anilines is 2. The van der Waals surface area contributed by atoms with Crippen molar-refractivity contribution >= 4 is 46.6 Å².